The Bertz CT molecular complexity index is 713. The number of methoxy groups -OCH3 is 1. The molecule has 0 unspecified atom stereocenters. The molecule has 0 spiro atoms. The molecule has 0 aliphatic carbocycles. The molecule has 2 aromatic heterocycles. The molecule has 0 bridgehead atoms. The van der Waals surface area contributed by atoms with Gasteiger partial charge in [-0.25, -0.2) is 4.98 Å². The number of carbonyl (C=O) groups is 1. The van der Waals surface area contributed by atoms with Gasteiger partial charge < -0.3 is 14.6 Å². The summed E-state index contributed by atoms with van der Waals surface area (Å²) in [5.41, 5.74) is 3.63. The van der Waals surface area contributed by atoms with Gasteiger partial charge in [-0.1, -0.05) is 0 Å². The van der Waals surface area contributed by atoms with E-state index in [9.17, 15) is 4.79 Å². The van der Waals surface area contributed by atoms with Crippen molar-refractivity contribution in [1.29, 1.82) is 0 Å². The first-order chi connectivity index (χ1) is 11.7. The number of imidazole rings is 1. The second kappa shape index (κ2) is 7.55. The molecule has 1 aliphatic rings. The second-order valence-corrected chi connectivity index (χ2v) is 6.00. The van der Waals surface area contributed by atoms with E-state index in [1.165, 1.54) is 11.1 Å². The number of nitrogens with zero attached hydrogens (tertiary/aromatic N) is 4. The summed E-state index contributed by atoms with van der Waals surface area (Å²) in [5.74, 6) is 0.246. The number of rotatable bonds is 6. The van der Waals surface area contributed by atoms with Crippen molar-refractivity contribution in [3.63, 3.8) is 0 Å². The van der Waals surface area contributed by atoms with Crippen molar-refractivity contribution < 1.29 is 9.53 Å². The minimum absolute atomic E-state index is 0.169. The normalized spacial score (nSPS) is 14.4. The number of pyridine rings is 1. The highest BCUT2D eigenvalue weighted by atomic mass is 16.5. The fourth-order valence-corrected chi connectivity index (χ4v) is 3.03. The van der Waals surface area contributed by atoms with Crippen LogP contribution in [0.4, 0.5) is 0 Å². The van der Waals surface area contributed by atoms with Gasteiger partial charge in [-0.3, -0.25) is 14.7 Å². The van der Waals surface area contributed by atoms with E-state index in [2.05, 4.69) is 20.2 Å². The number of aromatic nitrogens is 3. The Labute approximate surface area is 141 Å². The number of fused-ring (bicyclic) bond motifs is 1. The van der Waals surface area contributed by atoms with Crippen molar-refractivity contribution in [3.05, 3.63) is 47.3 Å². The van der Waals surface area contributed by atoms with Gasteiger partial charge in [0.2, 0.25) is 0 Å². The summed E-state index contributed by atoms with van der Waals surface area (Å²) in [6.45, 7) is 4.02. The lowest BCUT2D eigenvalue weighted by atomic mass is 9.97. The van der Waals surface area contributed by atoms with Crippen molar-refractivity contribution in [2.24, 2.45) is 7.05 Å². The van der Waals surface area contributed by atoms with Gasteiger partial charge in [-0.05, 0) is 23.1 Å². The molecule has 1 amide bonds. The number of carbonyl (C=O) groups excluding carboxylic acids is 1. The molecule has 0 saturated heterocycles. The van der Waals surface area contributed by atoms with Crippen LogP contribution in [0.15, 0.2) is 24.8 Å². The highest BCUT2D eigenvalue weighted by molar-refractivity contribution is 5.90. The van der Waals surface area contributed by atoms with Crippen LogP contribution in [0, 0.1) is 0 Å². The monoisotopic (exact) mass is 329 g/mol. The molecule has 0 aromatic carbocycles. The van der Waals surface area contributed by atoms with Crippen molar-refractivity contribution >= 4 is 5.91 Å². The van der Waals surface area contributed by atoms with Gasteiger partial charge in [0.1, 0.15) is 0 Å². The average molecular weight is 329 g/mol. The summed E-state index contributed by atoms with van der Waals surface area (Å²) in [5, 5.41) is 2.94. The molecule has 3 heterocycles. The molecule has 24 heavy (non-hydrogen) atoms. The number of hydrogen-bond donors (Lipinski definition) is 1. The lowest BCUT2D eigenvalue weighted by Crippen LogP contribution is -2.34. The molecule has 0 radical (unpaired) electrons. The smallest absolute Gasteiger partial charge is 0.287 e. The maximum atomic E-state index is 12.2. The van der Waals surface area contributed by atoms with Crippen LogP contribution in [-0.2, 0) is 31.3 Å². The first-order valence-corrected chi connectivity index (χ1v) is 8.10. The molecule has 1 N–H and O–H groups in total. The Balaban J connectivity index is 1.66. The molecule has 0 atom stereocenters. The van der Waals surface area contributed by atoms with Crippen molar-refractivity contribution in [2.75, 3.05) is 26.8 Å². The maximum Gasteiger partial charge on any atom is 0.287 e. The lowest BCUT2D eigenvalue weighted by molar-refractivity contribution is 0.0937. The third-order valence-corrected chi connectivity index (χ3v) is 4.38. The number of aryl methyl sites for hydroxylation is 1. The van der Waals surface area contributed by atoms with E-state index in [4.69, 9.17) is 4.74 Å². The zero-order valence-corrected chi connectivity index (χ0v) is 14.2. The van der Waals surface area contributed by atoms with Crippen LogP contribution in [0.1, 0.15) is 27.3 Å². The van der Waals surface area contributed by atoms with E-state index >= 15 is 0 Å². The maximum absolute atomic E-state index is 12.2. The predicted molar refractivity (Wildman–Crippen MR) is 89.5 cm³/mol. The summed E-state index contributed by atoms with van der Waals surface area (Å²) in [4.78, 5) is 23.0. The molecular weight excluding hydrogens is 306 g/mol. The molecule has 7 heteroatoms. The van der Waals surface area contributed by atoms with E-state index in [0.29, 0.717) is 12.4 Å². The Morgan fingerprint density at radius 3 is 3.04 bits per heavy atom. The Morgan fingerprint density at radius 2 is 2.29 bits per heavy atom. The van der Waals surface area contributed by atoms with E-state index < -0.39 is 0 Å². The highest BCUT2D eigenvalue weighted by Crippen LogP contribution is 2.21. The van der Waals surface area contributed by atoms with Gasteiger partial charge in [-0.2, -0.15) is 0 Å². The van der Waals surface area contributed by atoms with Gasteiger partial charge in [0.15, 0.2) is 5.82 Å². The first-order valence-electron chi connectivity index (χ1n) is 8.10. The molecule has 3 rings (SSSR count). The van der Waals surface area contributed by atoms with Crippen LogP contribution in [-0.4, -0.2) is 52.1 Å². The quantitative estimate of drug-likeness (QED) is 0.847. The number of hydrogen-bond acceptors (Lipinski definition) is 5. The molecule has 0 fully saturated rings. The van der Waals surface area contributed by atoms with E-state index in [-0.39, 0.29) is 5.91 Å². The second-order valence-electron chi connectivity index (χ2n) is 6.00. The van der Waals surface area contributed by atoms with Crippen LogP contribution >= 0.6 is 0 Å². The standard InChI is InChI=1S/C17H23N5O2/c1-21-6-4-19-16(21)17(23)20-11-13-9-18-10-14-12-22(7-8-24-2)5-3-15(13)14/h4,6,9-10H,3,5,7-8,11-12H2,1-2H3,(H,20,23). The van der Waals surface area contributed by atoms with Crippen LogP contribution in [0.5, 0.6) is 0 Å². The number of nitrogens with one attached hydrogen (secondary N) is 1. The van der Waals surface area contributed by atoms with E-state index in [0.717, 1.165) is 38.2 Å². The van der Waals surface area contributed by atoms with Gasteiger partial charge >= 0.3 is 0 Å². The zero-order valence-electron chi connectivity index (χ0n) is 14.2. The minimum Gasteiger partial charge on any atom is -0.383 e. The summed E-state index contributed by atoms with van der Waals surface area (Å²) < 4.78 is 6.86. The number of amides is 1. The predicted octanol–water partition coefficient (Wildman–Crippen LogP) is 0.750. The molecule has 7 nitrogen and oxygen atoms in total. The Kier molecular flexibility index (Phi) is 5.22. The van der Waals surface area contributed by atoms with E-state index in [1.807, 2.05) is 19.4 Å². The summed E-state index contributed by atoms with van der Waals surface area (Å²) in [7, 11) is 3.53. The first kappa shape index (κ1) is 16.6. The van der Waals surface area contributed by atoms with Gasteiger partial charge in [0, 0.05) is 65.1 Å². The lowest BCUT2D eigenvalue weighted by Gasteiger charge is -2.29. The molecule has 128 valence electrons. The molecule has 0 saturated carbocycles. The molecule has 2 aromatic rings. The van der Waals surface area contributed by atoms with Crippen molar-refractivity contribution in [1.82, 2.24) is 24.8 Å². The highest BCUT2D eigenvalue weighted by Gasteiger charge is 2.19. The molecule has 1 aliphatic heterocycles. The van der Waals surface area contributed by atoms with Crippen molar-refractivity contribution in [2.45, 2.75) is 19.5 Å². The zero-order chi connectivity index (χ0) is 16.9. The molecular formula is C17H23N5O2. The SMILES string of the molecule is COCCN1CCc2c(CNC(=O)c3nccn3C)cncc2C1. The third-order valence-electron chi connectivity index (χ3n) is 4.38. The van der Waals surface area contributed by atoms with Gasteiger partial charge in [-0.15, -0.1) is 0 Å². The third kappa shape index (κ3) is 3.63. The number of ether oxygens (including phenoxy) is 1. The largest absolute Gasteiger partial charge is 0.383 e. The van der Waals surface area contributed by atoms with Crippen LogP contribution in [0.3, 0.4) is 0 Å². The topological polar surface area (TPSA) is 72.3 Å². The van der Waals surface area contributed by atoms with Crippen LogP contribution < -0.4 is 5.32 Å². The Hall–Kier alpha value is -2.25. The fraction of sp³-hybridized carbons (Fsp3) is 0.471. The van der Waals surface area contributed by atoms with Crippen LogP contribution in [0.2, 0.25) is 0 Å². The summed E-state index contributed by atoms with van der Waals surface area (Å²) in [6.07, 6.45) is 8.13. The Morgan fingerprint density at radius 1 is 1.42 bits per heavy atom. The van der Waals surface area contributed by atoms with Crippen LogP contribution in [0.25, 0.3) is 0 Å². The summed E-state index contributed by atoms with van der Waals surface area (Å²) >= 11 is 0. The van der Waals surface area contributed by atoms with Crippen molar-refractivity contribution in [3.8, 4) is 0 Å². The summed E-state index contributed by atoms with van der Waals surface area (Å²) in [6, 6.07) is 0. The minimum atomic E-state index is -0.169. The van der Waals surface area contributed by atoms with Gasteiger partial charge in [0.05, 0.1) is 6.61 Å². The fourth-order valence-electron chi connectivity index (χ4n) is 3.03. The van der Waals surface area contributed by atoms with E-state index in [1.54, 1.807) is 24.1 Å². The van der Waals surface area contributed by atoms with Gasteiger partial charge in [0.25, 0.3) is 5.91 Å². The average Bonchev–Trinajstić information content (AvgIpc) is 3.03.